The molecule has 4 nitrogen and oxygen atoms in total. The minimum absolute atomic E-state index is 0.0634. The zero-order valence-corrected chi connectivity index (χ0v) is 17.2. The van der Waals surface area contributed by atoms with Gasteiger partial charge in [-0.25, -0.2) is 4.39 Å². The molecule has 29 heavy (non-hydrogen) atoms. The highest BCUT2D eigenvalue weighted by atomic mass is 35.5. The Morgan fingerprint density at radius 2 is 1.93 bits per heavy atom. The maximum atomic E-state index is 14.2. The van der Waals surface area contributed by atoms with Crippen molar-refractivity contribution in [1.29, 1.82) is 5.26 Å². The third-order valence-electron chi connectivity index (χ3n) is 5.05. The van der Waals surface area contributed by atoms with Gasteiger partial charge in [0.2, 0.25) is 6.10 Å². The number of carbonyl (C=O) groups is 1. The number of rotatable bonds is 6. The van der Waals surface area contributed by atoms with Crippen LogP contribution in [0.5, 0.6) is 11.5 Å². The molecule has 0 amide bonds. The predicted octanol–water partition coefficient (Wildman–Crippen LogP) is 6.32. The van der Waals surface area contributed by atoms with Crippen molar-refractivity contribution in [3.05, 3.63) is 70.5 Å². The number of benzene rings is 2. The molecule has 2 aromatic rings. The molecule has 0 radical (unpaired) electrons. The molecule has 1 fully saturated rings. The predicted molar refractivity (Wildman–Crippen MR) is 108 cm³/mol. The molecule has 0 spiro atoms. The number of ether oxygens (including phenoxy) is 2. The van der Waals surface area contributed by atoms with Crippen molar-refractivity contribution in [2.75, 3.05) is 0 Å². The van der Waals surface area contributed by atoms with Gasteiger partial charge in [0.25, 0.3) is 0 Å². The summed E-state index contributed by atoms with van der Waals surface area (Å²) in [6.45, 7) is 3.78. The van der Waals surface area contributed by atoms with Crippen LogP contribution in [0.25, 0.3) is 0 Å². The summed E-state index contributed by atoms with van der Waals surface area (Å²) < 4.78 is 25.2. The van der Waals surface area contributed by atoms with Crippen LogP contribution >= 0.6 is 23.2 Å². The summed E-state index contributed by atoms with van der Waals surface area (Å²) in [5.41, 5.74) is -0.0645. The van der Waals surface area contributed by atoms with Crippen molar-refractivity contribution >= 4 is 29.2 Å². The van der Waals surface area contributed by atoms with E-state index >= 15 is 0 Å². The highest BCUT2D eigenvalue weighted by molar-refractivity contribution is 6.55. The maximum absolute atomic E-state index is 14.2. The third kappa shape index (κ3) is 4.72. The van der Waals surface area contributed by atoms with Crippen molar-refractivity contribution < 1.29 is 18.7 Å². The van der Waals surface area contributed by atoms with E-state index in [9.17, 15) is 14.4 Å². The minimum Gasteiger partial charge on any atom is -0.454 e. The van der Waals surface area contributed by atoms with E-state index in [-0.39, 0.29) is 21.6 Å². The summed E-state index contributed by atoms with van der Waals surface area (Å²) in [4.78, 5) is 12.6. The van der Waals surface area contributed by atoms with Crippen LogP contribution < -0.4 is 4.74 Å². The van der Waals surface area contributed by atoms with Gasteiger partial charge in [-0.3, -0.25) is 4.79 Å². The topological polar surface area (TPSA) is 59.3 Å². The van der Waals surface area contributed by atoms with Gasteiger partial charge in [0.1, 0.15) is 16.3 Å². The van der Waals surface area contributed by atoms with Gasteiger partial charge in [-0.2, -0.15) is 5.26 Å². The van der Waals surface area contributed by atoms with Crippen molar-refractivity contribution in [3.8, 4) is 17.6 Å². The summed E-state index contributed by atoms with van der Waals surface area (Å²) in [5, 5.41) is 9.51. The van der Waals surface area contributed by atoms with Crippen LogP contribution in [0.4, 0.5) is 4.39 Å². The lowest BCUT2D eigenvalue weighted by atomic mass is 10.1. The molecular weight excluding hydrogens is 416 g/mol. The monoisotopic (exact) mass is 433 g/mol. The lowest BCUT2D eigenvalue weighted by molar-refractivity contribution is -0.149. The first-order valence-corrected chi connectivity index (χ1v) is 9.65. The second-order valence-electron chi connectivity index (χ2n) is 7.33. The molecule has 2 unspecified atom stereocenters. The number of nitriles is 1. The lowest BCUT2D eigenvalue weighted by Crippen LogP contribution is -2.14. The zero-order valence-electron chi connectivity index (χ0n) is 15.7. The van der Waals surface area contributed by atoms with E-state index in [1.165, 1.54) is 18.2 Å². The number of esters is 1. The van der Waals surface area contributed by atoms with Gasteiger partial charge in [0, 0.05) is 5.56 Å². The number of hydrogen-bond acceptors (Lipinski definition) is 4. The molecule has 3 atom stereocenters. The van der Waals surface area contributed by atoms with Crippen molar-refractivity contribution in [2.24, 2.45) is 17.3 Å². The Hall–Kier alpha value is -2.55. The van der Waals surface area contributed by atoms with E-state index in [4.69, 9.17) is 32.7 Å². The Labute approximate surface area is 178 Å². The smallest absolute Gasteiger partial charge is 0.311 e. The number of halogens is 3. The van der Waals surface area contributed by atoms with E-state index in [1.54, 1.807) is 30.3 Å². The first-order valence-electron chi connectivity index (χ1n) is 8.89. The molecule has 0 aliphatic heterocycles. The summed E-state index contributed by atoms with van der Waals surface area (Å²) in [6, 6.07) is 14.5. The minimum atomic E-state index is -1.20. The number of carbonyl (C=O) groups excluding carboxylic acids is 1. The molecule has 2 aromatic carbocycles. The fraction of sp³-hybridized carbons (Fsp3) is 0.273. The largest absolute Gasteiger partial charge is 0.454 e. The van der Waals surface area contributed by atoms with Crippen molar-refractivity contribution in [2.45, 2.75) is 20.0 Å². The number of hydrogen-bond donors (Lipinski definition) is 0. The Balaban J connectivity index is 1.77. The van der Waals surface area contributed by atoms with Crippen LogP contribution in [-0.4, -0.2) is 5.97 Å². The summed E-state index contributed by atoms with van der Waals surface area (Å²) in [6.07, 6.45) is 0.397. The molecule has 3 rings (SSSR count). The van der Waals surface area contributed by atoms with Gasteiger partial charge in [0.05, 0.1) is 5.92 Å². The van der Waals surface area contributed by atoms with Gasteiger partial charge in [-0.15, -0.1) is 0 Å². The molecule has 0 heterocycles. The van der Waals surface area contributed by atoms with Crippen LogP contribution in [0.3, 0.4) is 0 Å². The molecule has 0 aromatic heterocycles. The Kier molecular flexibility index (Phi) is 6.16. The summed E-state index contributed by atoms with van der Waals surface area (Å²) >= 11 is 11.4. The van der Waals surface area contributed by atoms with Crippen molar-refractivity contribution in [3.63, 3.8) is 0 Å². The fourth-order valence-electron chi connectivity index (χ4n) is 3.31. The Bertz CT molecular complexity index is 981. The SMILES string of the molecule is CC1(C)C(C=C(Cl)Cl)C1C(=O)O[C@@H](C#N)c1ccc(F)c(Oc2ccccc2)c1. The molecular formula is C22H18Cl2FNO3. The van der Waals surface area contributed by atoms with Crippen molar-refractivity contribution in [1.82, 2.24) is 0 Å². The van der Waals surface area contributed by atoms with E-state index in [0.717, 1.165) is 0 Å². The average Bonchev–Trinajstić information content (AvgIpc) is 3.21. The summed E-state index contributed by atoms with van der Waals surface area (Å²) in [5.74, 6) is -1.39. The first-order chi connectivity index (χ1) is 13.7. The normalized spacial score (nSPS) is 20.1. The van der Waals surface area contributed by atoms with Crippen LogP contribution in [0, 0.1) is 34.4 Å². The van der Waals surface area contributed by atoms with E-state index in [1.807, 2.05) is 26.0 Å². The third-order valence-corrected chi connectivity index (χ3v) is 5.30. The van der Waals surface area contributed by atoms with E-state index in [0.29, 0.717) is 11.3 Å². The van der Waals surface area contributed by atoms with Gasteiger partial charge in [0.15, 0.2) is 11.6 Å². The quantitative estimate of drug-likeness (QED) is 0.500. The molecule has 0 bridgehead atoms. The molecule has 150 valence electrons. The highest BCUT2D eigenvalue weighted by Gasteiger charge is 2.62. The van der Waals surface area contributed by atoms with Crippen LogP contribution in [0.15, 0.2) is 59.1 Å². The molecule has 7 heteroatoms. The lowest BCUT2D eigenvalue weighted by Gasteiger charge is -2.14. The molecule has 1 aliphatic rings. The standard InChI is InChI=1S/C22H18Cl2FNO3/c1-22(2)15(11-19(23)24)20(22)21(27)29-18(12-26)13-8-9-16(25)17(10-13)28-14-6-4-3-5-7-14/h3-11,15,18,20H,1-2H3/t15?,18-,20?/m0/s1. The Morgan fingerprint density at radius 1 is 1.24 bits per heavy atom. The highest BCUT2D eigenvalue weighted by Crippen LogP contribution is 2.60. The second-order valence-corrected chi connectivity index (χ2v) is 8.34. The van der Waals surface area contributed by atoms with Gasteiger partial charge in [-0.05, 0) is 41.7 Å². The van der Waals surface area contributed by atoms with Crippen LogP contribution in [-0.2, 0) is 9.53 Å². The molecule has 0 saturated heterocycles. The molecule has 1 saturated carbocycles. The number of para-hydroxylation sites is 1. The number of nitrogens with zero attached hydrogens (tertiary/aromatic N) is 1. The average molecular weight is 434 g/mol. The first kappa shape index (κ1) is 21.2. The molecule has 0 N–H and O–H groups in total. The van der Waals surface area contributed by atoms with E-state index < -0.39 is 23.8 Å². The van der Waals surface area contributed by atoms with Gasteiger partial charge in [-0.1, -0.05) is 61.3 Å². The summed E-state index contributed by atoms with van der Waals surface area (Å²) in [7, 11) is 0. The molecule has 1 aliphatic carbocycles. The number of allylic oxidation sites excluding steroid dienone is 1. The fourth-order valence-corrected chi connectivity index (χ4v) is 3.58. The zero-order chi connectivity index (χ0) is 21.2. The van der Waals surface area contributed by atoms with Gasteiger partial charge < -0.3 is 9.47 Å². The van der Waals surface area contributed by atoms with Gasteiger partial charge >= 0.3 is 5.97 Å². The van der Waals surface area contributed by atoms with Crippen LogP contribution in [0.1, 0.15) is 25.5 Å². The van der Waals surface area contributed by atoms with E-state index in [2.05, 4.69) is 0 Å². The van der Waals surface area contributed by atoms with Crippen LogP contribution in [0.2, 0.25) is 0 Å². The Morgan fingerprint density at radius 3 is 2.55 bits per heavy atom. The maximum Gasteiger partial charge on any atom is 0.311 e. The second kappa shape index (κ2) is 8.44.